The van der Waals surface area contributed by atoms with Gasteiger partial charge in [0, 0.05) is 13.2 Å². The highest BCUT2D eigenvalue weighted by Gasteiger charge is 2.18. The Morgan fingerprint density at radius 2 is 2.00 bits per heavy atom. The van der Waals surface area contributed by atoms with Crippen molar-refractivity contribution in [1.29, 1.82) is 0 Å². The van der Waals surface area contributed by atoms with E-state index < -0.39 is 0 Å². The summed E-state index contributed by atoms with van der Waals surface area (Å²) in [5.41, 5.74) is 2.84. The van der Waals surface area contributed by atoms with Crippen molar-refractivity contribution in [2.24, 2.45) is 0 Å². The number of carbonyl (C=O) groups is 1. The SMILES string of the molecule is Cc1ccc(CNC(=O)c2ccccc2OCC2CCCO2)cc1. The summed E-state index contributed by atoms with van der Waals surface area (Å²) in [5.74, 6) is 0.480. The Balaban J connectivity index is 1.60. The van der Waals surface area contributed by atoms with Crippen LogP contribution in [0, 0.1) is 6.92 Å². The van der Waals surface area contributed by atoms with Crippen LogP contribution in [0.4, 0.5) is 0 Å². The summed E-state index contributed by atoms with van der Waals surface area (Å²) < 4.78 is 11.4. The number of aryl methyl sites for hydroxylation is 1. The van der Waals surface area contributed by atoms with Crippen molar-refractivity contribution in [3.05, 3.63) is 65.2 Å². The smallest absolute Gasteiger partial charge is 0.255 e. The third-order valence-electron chi connectivity index (χ3n) is 4.15. The van der Waals surface area contributed by atoms with Gasteiger partial charge in [-0.15, -0.1) is 0 Å². The van der Waals surface area contributed by atoms with Crippen LogP contribution >= 0.6 is 0 Å². The monoisotopic (exact) mass is 325 g/mol. The van der Waals surface area contributed by atoms with E-state index in [4.69, 9.17) is 9.47 Å². The molecule has 24 heavy (non-hydrogen) atoms. The zero-order valence-corrected chi connectivity index (χ0v) is 14.0. The normalized spacial score (nSPS) is 16.8. The standard InChI is InChI=1S/C20H23NO3/c1-15-8-10-16(11-9-15)13-21-20(22)18-6-2-3-7-19(18)24-14-17-5-4-12-23-17/h2-3,6-11,17H,4-5,12-14H2,1H3,(H,21,22). The highest BCUT2D eigenvalue weighted by Crippen LogP contribution is 2.20. The summed E-state index contributed by atoms with van der Waals surface area (Å²) in [6, 6.07) is 15.5. The molecule has 3 rings (SSSR count). The van der Waals surface area contributed by atoms with Crippen LogP contribution in [-0.2, 0) is 11.3 Å². The van der Waals surface area contributed by atoms with Crippen LogP contribution in [0.3, 0.4) is 0 Å². The van der Waals surface area contributed by atoms with Crippen molar-refractivity contribution in [1.82, 2.24) is 5.32 Å². The summed E-state index contributed by atoms with van der Waals surface area (Å²) in [6.45, 7) is 3.83. The van der Waals surface area contributed by atoms with Crippen molar-refractivity contribution < 1.29 is 14.3 Å². The molecule has 0 saturated carbocycles. The van der Waals surface area contributed by atoms with Gasteiger partial charge in [0.05, 0.1) is 11.7 Å². The molecular weight excluding hydrogens is 302 g/mol. The topological polar surface area (TPSA) is 47.6 Å². The predicted molar refractivity (Wildman–Crippen MR) is 93.3 cm³/mol. The minimum atomic E-state index is -0.126. The lowest BCUT2D eigenvalue weighted by Gasteiger charge is -2.14. The van der Waals surface area contributed by atoms with Crippen molar-refractivity contribution >= 4 is 5.91 Å². The second kappa shape index (κ2) is 7.97. The van der Waals surface area contributed by atoms with E-state index in [9.17, 15) is 4.79 Å². The molecule has 1 N–H and O–H groups in total. The molecule has 0 radical (unpaired) electrons. The second-order valence-electron chi connectivity index (χ2n) is 6.11. The summed E-state index contributed by atoms with van der Waals surface area (Å²) in [7, 11) is 0. The van der Waals surface area contributed by atoms with Crippen LogP contribution in [0.2, 0.25) is 0 Å². The Morgan fingerprint density at radius 1 is 1.21 bits per heavy atom. The first kappa shape index (κ1) is 16.5. The first-order valence-corrected chi connectivity index (χ1v) is 8.39. The molecule has 2 aromatic carbocycles. The van der Waals surface area contributed by atoms with Gasteiger partial charge < -0.3 is 14.8 Å². The van der Waals surface area contributed by atoms with Gasteiger partial charge in [-0.25, -0.2) is 0 Å². The second-order valence-corrected chi connectivity index (χ2v) is 6.11. The lowest BCUT2D eigenvalue weighted by atomic mass is 10.1. The minimum absolute atomic E-state index is 0.126. The van der Waals surface area contributed by atoms with Crippen molar-refractivity contribution in [3.8, 4) is 5.75 Å². The maximum atomic E-state index is 12.5. The molecule has 0 bridgehead atoms. The highest BCUT2D eigenvalue weighted by molar-refractivity contribution is 5.96. The number of hydrogen-bond donors (Lipinski definition) is 1. The number of ether oxygens (including phenoxy) is 2. The Hall–Kier alpha value is -2.33. The van der Waals surface area contributed by atoms with Crippen molar-refractivity contribution in [2.75, 3.05) is 13.2 Å². The maximum Gasteiger partial charge on any atom is 0.255 e. The van der Waals surface area contributed by atoms with E-state index in [2.05, 4.69) is 5.32 Å². The van der Waals surface area contributed by atoms with E-state index in [1.807, 2.05) is 49.4 Å². The molecule has 1 unspecified atom stereocenters. The van der Waals surface area contributed by atoms with E-state index in [-0.39, 0.29) is 12.0 Å². The van der Waals surface area contributed by atoms with Crippen LogP contribution in [0.15, 0.2) is 48.5 Å². The van der Waals surface area contributed by atoms with E-state index in [0.717, 1.165) is 25.0 Å². The predicted octanol–water partition coefficient (Wildman–Crippen LogP) is 3.48. The molecule has 1 atom stereocenters. The highest BCUT2D eigenvalue weighted by atomic mass is 16.5. The number of benzene rings is 2. The molecule has 1 aliphatic heterocycles. The van der Waals surface area contributed by atoms with Crippen molar-refractivity contribution in [3.63, 3.8) is 0 Å². The third-order valence-corrected chi connectivity index (χ3v) is 4.15. The van der Waals surface area contributed by atoms with E-state index in [0.29, 0.717) is 24.5 Å². The quantitative estimate of drug-likeness (QED) is 0.884. The molecule has 1 amide bonds. The van der Waals surface area contributed by atoms with Gasteiger partial charge in [0.2, 0.25) is 0 Å². The zero-order valence-electron chi connectivity index (χ0n) is 14.0. The largest absolute Gasteiger partial charge is 0.490 e. The molecule has 1 heterocycles. The molecule has 4 nitrogen and oxygen atoms in total. The van der Waals surface area contributed by atoms with Gasteiger partial charge in [-0.05, 0) is 37.5 Å². The van der Waals surface area contributed by atoms with Gasteiger partial charge in [-0.2, -0.15) is 0 Å². The number of nitrogens with one attached hydrogen (secondary N) is 1. The van der Waals surface area contributed by atoms with Gasteiger partial charge >= 0.3 is 0 Å². The third kappa shape index (κ3) is 4.36. The van der Waals surface area contributed by atoms with Gasteiger partial charge in [-0.1, -0.05) is 42.0 Å². The van der Waals surface area contributed by atoms with E-state index in [1.165, 1.54) is 5.56 Å². The first-order chi connectivity index (χ1) is 11.7. The summed E-state index contributed by atoms with van der Waals surface area (Å²) in [6.07, 6.45) is 2.22. The van der Waals surface area contributed by atoms with Crippen LogP contribution in [0.25, 0.3) is 0 Å². The number of amides is 1. The molecule has 0 spiro atoms. The molecule has 1 aliphatic rings. The summed E-state index contributed by atoms with van der Waals surface area (Å²) in [4.78, 5) is 12.5. The molecule has 4 heteroatoms. The van der Waals surface area contributed by atoms with E-state index >= 15 is 0 Å². The molecule has 0 aromatic heterocycles. The van der Waals surface area contributed by atoms with Gasteiger partial charge in [0.1, 0.15) is 12.4 Å². The zero-order chi connectivity index (χ0) is 16.8. The Morgan fingerprint density at radius 3 is 2.75 bits per heavy atom. The van der Waals surface area contributed by atoms with Gasteiger partial charge in [-0.3, -0.25) is 4.79 Å². The van der Waals surface area contributed by atoms with Gasteiger partial charge in [0.25, 0.3) is 5.91 Å². The van der Waals surface area contributed by atoms with Crippen LogP contribution < -0.4 is 10.1 Å². The Kier molecular flexibility index (Phi) is 5.49. The molecular formula is C20H23NO3. The lowest BCUT2D eigenvalue weighted by molar-refractivity contribution is 0.0670. The molecule has 126 valence electrons. The first-order valence-electron chi connectivity index (χ1n) is 8.39. The number of rotatable bonds is 6. The average molecular weight is 325 g/mol. The number of hydrogen-bond acceptors (Lipinski definition) is 3. The van der Waals surface area contributed by atoms with Crippen LogP contribution in [-0.4, -0.2) is 25.2 Å². The number of para-hydroxylation sites is 1. The average Bonchev–Trinajstić information content (AvgIpc) is 3.13. The van der Waals surface area contributed by atoms with E-state index in [1.54, 1.807) is 6.07 Å². The molecule has 1 fully saturated rings. The van der Waals surface area contributed by atoms with Crippen LogP contribution in [0.1, 0.15) is 34.3 Å². The summed E-state index contributed by atoms with van der Waals surface area (Å²) >= 11 is 0. The molecule has 0 aliphatic carbocycles. The fraction of sp³-hybridized carbons (Fsp3) is 0.350. The maximum absolute atomic E-state index is 12.5. The lowest BCUT2D eigenvalue weighted by Crippen LogP contribution is -2.24. The van der Waals surface area contributed by atoms with Crippen molar-refractivity contribution in [2.45, 2.75) is 32.4 Å². The molecule has 1 saturated heterocycles. The molecule has 2 aromatic rings. The Labute approximate surface area is 142 Å². The summed E-state index contributed by atoms with van der Waals surface area (Å²) in [5, 5.41) is 2.95. The van der Waals surface area contributed by atoms with Gasteiger partial charge in [0.15, 0.2) is 0 Å². The fourth-order valence-electron chi connectivity index (χ4n) is 2.72. The Bertz CT molecular complexity index is 676. The number of carbonyl (C=O) groups excluding carboxylic acids is 1. The fourth-order valence-corrected chi connectivity index (χ4v) is 2.72. The van der Waals surface area contributed by atoms with Crippen LogP contribution in [0.5, 0.6) is 5.75 Å². The minimum Gasteiger partial charge on any atom is -0.490 e.